The average molecular weight is 398 g/mol. The molecule has 3 aromatic heterocycles. The molecule has 0 N–H and O–H groups in total. The topological polar surface area (TPSA) is 61.4 Å². The van der Waals surface area contributed by atoms with E-state index in [0.717, 1.165) is 39.2 Å². The number of pyridine rings is 1. The van der Waals surface area contributed by atoms with Crippen molar-refractivity contribution in [3.05, 3.63) is 96.0 Å². The van der Waals surface area contributed by atoms with Crippen molar-refractivity contribution in [2.75, 3.05) is 0 Å². The Labute approximate surface area is 172 Å². The Morgan fingerprint density at radius 1 is 0.967 bits per heavy atom. The third-order valence-electron chi connectivity index (χ3n) is 5.27. The molecule has 3 heterocycles. The van der Waals surface area contributed by atoms with Crippen LogP contribution in [0.3, 0.4) is 0 Å². The van der Waals surface area contributed by atoms with E-state index < -0.39 is 0 Å². The van der Waals surface area contributed by atoms with Crippen molar-refractivity contribution in [1.82, 2.24) is 29.5 Å². The maximum atomic E-state index is 13.5. The van der Waals surface area contributed by atoms with E-state index in [-0.39, 0.29) is 11.9 Å². The fraction of sp³-hybridized carbons (Fsp3) is 0.130. The van der Waals surface area contributed by atoms with Crippen molar-refractivity contribution >= 4 is 11.0 Å². The maximum Gasteiger partial charge on any atom is 0.141 e. The average Bonchev–Trinajstić information content (AvgIpc) is 3.33. The van der Waals surface area contributed by atoms with Gasteiger partial charge in [0.2, 0.25) is 0 Å². The number of hydrogen-bond donors (Lipinski definition) is 0. The summed E-state index contributed by atoms with van der Waals surface area (Å²) in [4.78, 5) is 8.97. The fourth-order valence-corrected chi connectivity index (χ4v) is 3.89. The number of halogens is 1. The zero-order chi connectivity index (χ0) is 20.7. The van der Waals surface area contributed by atoms with Gasteiger partial charge in [-0.3, -0.25) is 4.98 Å². The minimum atomic E-state index is -0.359. The van der Waals surface area contributed by atoms with E-state index in [4.69, 9.17) is 0 Å². The number of nitrogens with zero attached hydrogens (tertiary/aromatic N) is 6. The van der Waals surface area contributed by atoms with Gasteiger partial charge in [0.15, 0.2) is 0 Å². The lowest BCUT2D eigenvalue weighted by Crippen LogP contribution is -2.13. The van der Waals surface area contributed by atoms with Gasteiger partial charge in [-0.2, -0.15) is 0 Å². The van der Waals surface area contributed by atoms with Crippen molar-refractivity contribution in [3.8, 4) is 11.3 Å². The Hall–Kier alpha value is -3.87. The van der Waals surface area contributed by atoms with Gasteiger partial charge in [0.25, 0.3) is 0 Å². The van der Waals surface area contributed by atoms with Crippen LogP contribution >= 0.6 is 0 Å². The molecular formula is C23H19FN6. The number of hydrogen-bond acceptors (Lipinski definition) is 4. The van der Waals surface area contributed by atoms with Gasteiger partial charge < -0.3 is 4.57 Å². The first-order chi connectivity index (χ1) is 14.6. The Kier molecular flexibility index (Phi) is 4.35. The predicted molar refractivity (Wildman–Crippen MR) is 112 cm³/mol. The zero-order valence-corrected chi connectivity index (χ0v) is 16.6. The second kappa shape index (κ2) is 7.18. The molecule has 30 heavy (non-hydrogen) atoms. The molecule has 0 saturated carbocycles. The molecule has 0 saturated heterocycles. The molecule has 0 fully saturated rings. The van der Waals surface area contributed by atoms with E-state index in [2.05, 4.69) is 30.9 Å². The Bertz CT molecular complexity index is 1300. The minimum absolute atomic E-state index is 0.238. The molecule has 1 atom stereocenters. The summed E-state index contributed by atoms with van der Waals surface area (Å²) in [5, 5.41) is 8.29. The summed E-state index contributed by atoms with van der Waals surface area (Å²) >= 11 is 0. The molecule has 5 rings (SSSR count). The van der Waals surface area contributed by atoms with Crippen molar-refractivity contribution < 1.29 is 4.39 Å². The molecule has 5 aromatic rings. The van der Waals surface area contributed by atoms with Crippen LogP contribution in [0.1, 0.15) is 23.0 Å². The highest BCUT2D eigenvalue weighted by Crippen LogP contribution is 2.31. The van der Waals surface area contributed by atoms with Crippen molar-refractivity contribution in [3.63, 3.8) is 0 Å². The number of fused-ring (bicyclic) bond motifs is 1. The third-order valence-corrected chi connectivity index (χ3v) is 5.27. The second-order valence-corrected chi connectivity index (χ2v) is 7.22. The first-order valence-electron chi connectivity index (χ1n) is 9.61. The van der Waals surface area contributed by atoms with Gasteiger partial charge in [0.05, 0.1) is 40.6 Å². The van der Waals surface area contributed by atoms with Gasteiger partial charge in [0.1, 0.15) is 11.9 Å². The summed E-state index contributed by atoms with van der Waals surface area (Å²) in [6.07, 6.45) is 3.06. The summed E-state index contributed by atoms with van der Waals surface area (Å²) in [6.45, 7) is 1.94. The van der Waals surface area contributed by atoms with E-state index in [1.807, 2.05) is 62.8 Å². The molecule has 2 aromatic carbocycles. The van der Waals surface area contributed by atoms with Crippen LogP contribution in [0.5, 0.6) is 0 Å². The minimum Gasteiger partial charge on any atom is -0.317 e. The van der Waals surface area contributed by atoms with Gasteiger partial charge in [-0.15, -0.1) is 5.10 Å². The molecule has 6 nitrogen and oxygen atoms in total. The Morgan fingerprint density at radius 2 is 1.80 bits per heavy atom. The van der Waals surface area contributed by atoms with Gasteiger partial charge in [-0.05, 0) is 36.8 Å². The predicted octanol–water partition coefficient (Wildman–Crippen LogP) is 4.31. The van der Waals surface area contributed by atoms with Gasteiger partial charge in [0, 0.05) is 12.6 Å². The van der Waals surface area contributed by atoms with Crippen LogP contribution in [0.25, 0.3) is 22.3 Å². The molecule has 0 bridgehead atoms. The highest BCUT2D eigenvalue weighted by atomic mass is 19.1. The van der Waals surface area contributed by atoms with Crippen LogP contribution in [0.15, 0.2) is 73.2 Å². The van der Waals surface area contributed by atoms with Gasteiger partial charge in [-0.25, -0.2) is 14.1 Å². The third kappa shape index (κ3) is 3.04. The summed E-state index contributed by atoms with van der Waals surface area (Å²) in [6, 6.07) is 19.1. The summed E-state index contributed by atoms with van der Waals surface area (Å²) in [7, 11) is 1.88. The van der Waals surface area contributed by atoms with Crippen molar-refractivity contribution in [2.45, 2.75) is 13.0 Å². The highest BCUT2D eigenvalue weighted by molar-refractivity contribution is 5.82. The molecule has 148 valence electrons. The van der Waals surface area contributed by atoms with E-state index >= 15 is 0 Å². The first kappa shape index (κ1) is 18.2. The Balaban J connectivity index is 1.72. The lowest BCUT2D eigenvalue weighted by molar-refractivity contribution is 0.610. The van der Waals surface area contributed by atoms with Crippen LogP contribution in [-0.2, 0) is 7.05 Å². The largest absolute Gasteiger partial charge is 0.317 e. The second-order valence-electron chi connectivity index (χ2n) is 7.22. The van der Waals surface area contributed by atoms with Crippen molar-refractivity contribution in [1.29, 1.82) is 0 Å². The van der Waals surface area contributed by atoms with Crippen LogP contribution < -0.4 is 0 Å². The lowest BCUT2D eigenvalue weighted by atomic mass is 10.0. The number of imidazole rings is 1. The quantitative estimate of drug-likeness (QED) is 0.453. The van der Waals surface area contributed by atoms with E-state index in [1.165, 1.54) is 12.3 Å². The molecule has 0 radical (unpaired) electrons. The standard InChI is InChI=1S/C23H19FN6/c1-15-22(29(2)28-27-15)17-8-10-19-21(12-17)30(14-26-19)23(16-6-4-3-5-7-16)20-11-9-18(24)13-25-20/h3-14,23H,1-2H3/t23-/m1/s1. The van der Waals surface area contributed by atoms with Crippen LogP contribution in [0.4, 0.5) is 4.39 Å². The fourth-order valence-electron chi connectivity index (χ4n) is 3.89. The maximum absolute atomic E-state index is 13.5. The SMILES string of the molecule is Cc1nnn(C)c1-c1ccc2ncn([C@H](c3ccccc3)c3ccc(F)cn3)c2c1. The molecule has 0 unspecified atom stereocenters. The molecular weight excluding hydrogens is 379 g/mol. The van der Waals surface area contributed by atoms with Crippen LogP contribution in [0.2, 0.25) is 0 Å². The summed E-state index contributed by atoms with van der Waals surface area (Å²) in [5.41, 5.74) is 6.43. The molecule has 0 aliphatic rings. The van der Waals surface area contributed by atoms with E-state index in [9.17, 15) is 4.39 Å². The van der Waals surface area contributed by atoms with Crippen LogP contribution in [0, 0.1) is 12.7 Å². The molecule has 0 aliphatic carbocycles. The monoisotopic (exact) mass is 398 g/mol. The molecule has 0 amide bonds. The zero-order valence-electron chi connectivity index (χ0n) is 16.6. The molecule has 0 spiro atoms. The lowest BCUT2D eigenvalue weighted by Gasteiger charge is -2.20. The number of rotatable bonds is 4. The Morgan fingerprint density at radius 3 is 2.50 bits per heavy atom. The highest BCUT2D eigenvalue weighted by Gasteiger charge is 2.21. The number of aryl methyl sites for hydroxylation is 2. The summed E-state index contributed by atoms with van der Waals surface area (Å²) in [5.74, 6) is -0.359. The number of benzene rings is 2. The smallest absolute Gasteiger partial charge is 0.141 e. The number of aromatic nitrogens is 6. The van der Waals surface area contributed by atoms with Crippen LogP contribution in [-0.4, -0.2) is 29.5 Å². The first-order valence-corrected chi connectivity index (χ1v) is 9.61. The molecule has 7 heteroatoms. The van der Waals surface area contributed by atoms with E-state index in [1.54, 1.807) is 10.7 Å². The van der Waals surface area contributed by atoms with E-state index in [0.29, 0.717) is 0 Å². The summed E-state index contributed by atoms with van der Waals surface area (Å²) < 4.78 is 17.4. The van der Waals surface area contributed by atoms with Crippen molar-refractivity contribution in [2.24, 2.45) is 7.05 Å². The van der Waals surface area contributed by atoms with Gasteiger partial charge in [-0.1, -0.05) is 41.6 Å². The normalized spacial score (nSPS) is 12.4. The molecule has 0 aliphatic heterocycles. The van der Waals surface area contributed by atoms with Gasteiger partial charge >= 0.3 is 0 Å².